The zero-order chi connectivity index (χ0) is 30.8. The van der Waals surface area contributed by atoms with Crippen LogP contribution in [-0.2, 0) is 11.2 Å². The highest BCUT2D eigenvalue weighted by molar-refractivity contribution is 6.17. The molecular formula is C37H28F2N4O2. The summed E-state index contributed by atoms with van der Waals surface area (Å²) in [6.45, 7) is 0.778. The molecule has 1 atom stereocenters. The maximum atomic E-state index is 13.9. The Hall–Kier alpha value is -5.37. The number of hydrogen-bond donors (Lipinski definition) is 0. The highest BCUT2D eigenvalue weighted by atomic mass is 19.1. The summed E-state index contributed by atoms with van der Waals surface area (Å²) in [4.78, 5) is 22.8. The molecule has 3 aromatic carbocycles. The number of carbonyl (C=O) groups excluding carboxylic acids is 1. The minimum atomic E-state index is -0.673. The van der Waals surface area contributed by atoms with Gasteiger partial charge in [0.25, 0.3) is 0 Å². The molecule has 1 aliphatic heterocycles. The first-order valence-corrected chi connectivity index (χ1v) is 14.9. The molecule has 0 spiro atoms. The number of aromatic nitrogens is 2. The Balaban J connectivity index is 0.000000594. The first-order valence-electron chi connectivity index (χ1n) is 14.9. The van der Waals surface area contributed by atoms with Crippen molar-refractivity contribution in [3.63, 3.8) is 0 Å². The number of ether oxygens (including phenoxy) is 1. The predicted octanol–water partition coefficient (Wildman–Crippen LogP) is 6.91. The van der Waals surface area contributed by atoms with Gasteiger partial charge in [-0.25, -0.2) is 13.8 Å². The first kappa shape index (κ1) is 28.4. The van der Waals surface area contributed by atoms with Crippen LogP contribution in [0.25, 0.3) is 17.2 Å². The fourth-order valence-corrected chi connectivity index (χ4v) is 6.29. The molecule has 3 aliphatic carbocycles. The van der Waals surface area contributed by atoms with Gasteiger partial charge in [0.15, 0.2) is 5.78 Å². The summed E-state index contributed by atoms with van der Waals surface area (Å²) in [6.07, 6.45) is 15.3. The van der Waals surface area contributed by atoms with Crippen LogP contribution in [0.1, 0.15) is 47.6 Å². The van der Waals surface area contributed by atoms with Gasteiger partial charge < -0.3 is 4.74 Å². The molecule has 45 heavy (non-hydrogen) atoms. The fourth-order valence-electron chi connectivity index (χ4n) is 6.29. The van der Waals surface area contributed by atoms with Crippen molar-refractivity contribution >= 4 is 23.0 Å². The molecule has 222 valence electrons. The molecule has 8 heteroatoms. The molecule has 0 N–H and O–H groups in total. The van der Waals surface area contributed by atoms with Crippen LogP contribution in [0.2, 0.25) is 0 Å². The van der Waals surface area contributed by atoms with Gasteiger partial charge >= 0.3 is 6.01 Å². The molecule has 6 nitrogen and oxygen atoms in total. The van der Waals surface area contributed by atoms with Crippen molar-refractivity contribution < 1.29 is 18.3 Å². The third-order valence-corrected chi connectivity index (χ3v) is 8.33. The number of nitrogens with zero attached hydrogens (tertiary/aromatic N) is 4. The number of fused-ring (bicyclic) bond motifs is 4. The highest BCUT2D eigenvalue weighted by Gasteiger charge is 2.31. The van der Waals surface area contributed by atoms with Crippen molar-refractivity contribution in [1.29, 1.82) is 0 Å². The normalized spacial score (nSPS) is 17.6. The van der Waals surface area contributed by atoms with Crippen LogP contribution < -0.4 is 15.2 Å². The van der Waals surface area contributed by atoms with Gasteiger partial charge in [-0.2, -0.15) is 15.2 Å². The van der Waals surface area contributed by atoms with Crippen LogP contribution in [0.5, 0.6) is 11.8 Å². The largest absolute Gasteiger partial charge is 0.424 e. The molecule has 1 unspecified atom stereocenters. The number of rotatable bonds is 4. The molecule has 0 amide bonds. The lowest BCUT2D eigenvalue weighted by Crippen LogP contribution is -2.40. The Labute approximate surface area is 258 Å². The van der Waals surface area contributed by atoms with E-state index >= 15 is 0 Å². The van der Waals surface area contributed by atoms with Crippen molar-refractivity contribution in [1.82, 2.24) is 9.97 Å². The van der Waals surface area contributed by atoms with Gasteiger partial charge in [0.1, 0.15) is 17.4 Å². The third-order valence-electron chi connectivity index (χ3n) is 8.33. The van der Waals surface area contributed by atoms with Crippen molar-refractivity contribution in [2.75, 3.05) is 6.54 Å². The van der Waals surface area contributed by atoms with Crippen LogP contribution in [0.15, 0.2) is 113 Å². The van der Waals surface area contributed by atoms with Crippen LogP contribution in [0.4, 0.5) is 8.78 Å². The van der Waals surface area contributed by atoms with Gasteiger partial charge in [-0.15, -0.1) is 0 Å². The smallest absolute Gasteiger partial charge is 0.322 e. The Morgan fingerprint density at radius 1 is 0.844 bits per heavy atom. The number of Topliss-reactive ketones (excluding diaryl/α,β-unsaturated/α-hetero) is 1. The van der Waals surface area contributed by atoms with Gasteiger partial charge in [0.2, 0.25) is 0 Å². The van der Waals surface area contributed by atoms with Crippen LogP contribution in [-0.4, -0.2) is 22.3 Å². The van der Waals surface area contributed by atoms with E-state index in [-0.39, 0.29) is 23.4 Å². The SMILES string of the molecule is C1=CN=NC1.O=C1C=c2c3c(ccc2=C(c2ccnc(Oc4ccc(F)cc4)n2)C1c1ccc(F)cc1)C1=C(CCC=C1)CC3. The zero-order valence-electron chi connectivity index (χ0n) is 24.3. The zero-order valence-corrected chi connectivity index (χ0v) is 24.3. The van der Waals surface area contributed by atoms with Gasteiger partial charge in [-0.05, 0) is 113 Å². The second kappa shape index (κ2) is 12.3. The monoisotopic (exact) mass is 598 g/mol. The molecule has 0 saturated heterocycles. The summed E-state index contributed by atoms with van der Waals surface area (Å²) >= 11 is 0. The van der Waals surface area contributed by atoms with Crippen LogP contribution in [0, 0.1) is 11.6 Å². The standard InChI is InChI=1S/C34H24F2N2O2.C3H4N2/c35-22-8-5-21(6-9-22)32-31(39)19-29-27-14-7-20-3-1-2-4-25(20)26(27)15-16-28(29)33(32)30-17-18-37-34(38-30)40-24-12-10-23(36)11-13-24;1-2-4-5-3-1/h2,4-6,8-13,15-19,32H,1,3,7,14H2;1-2H,3H2. The number of ketones is 1. The molecule has 8 rings (SSSR count). The van der Waals surface area contributed by atoms with E-state index in [0.29, 0.717) is 17.0 Å². The van der Waals surface area contributed by atoms with Gasteiger partial charge in [0.05, 0.1) is 18.2 Å². The lowest BCUT2D eigenvalue weighted by Gasteiger charge is -2.27. The van der Waals surface area contributed by atoms with E-state index < -0.39 is 5.92 Å². The number of carbonyl (C=O) groups is 1. The molecular weight excluding hydrogens is 570 g/mol. The molecule has 2 heterocycles. The Kier molecular flexibility index (Phi) is 7.78. The quantitative estimate of drug-likeness (QED) is 0.256. The van der Waals surface area contributed by atoms with Gasteiger partial charge in [-0.1, -0.05) is 42.0 Å². The lowest BCUT2D eigenvalue weighted by molar-refractivity contribution is -0.113. The average molecular weight is 599 g/mol. The van der Waals surface area contributed by atoms with Crippen molar-refractivity contribution in [2.45, 2.75) is 31.6 Å². The fraction of sp³-hybridized carbons (Fsp3) is 0.162. The van der Waals surface area contributed by atoms with E-state index in [0.717, 1.165) is 48.2 Å². The number of halogens is 2. The number of allylic oxidation sites excluding steroid dienone is 4. The van der Waals surface area contributed by atoms with E-state index in [4.69, 9.17) is 9.72 Å². The first-order chi connectivity index (χ1) is 22.0. The van der Waals surface area contributed by atoms with E-state index in [1.807, 2.05) is 6.08 Å². The van der Waals surface area contributed by atoms with E-state index in [1.54, 1.807) is 36.7 Å². The number of benzene rings is 3. The summed E-state index contributed by atoms with van der Waals surface area (Å²) < 4.78 is 33.1. The Morgan fingerprint density at radius 2 is 1.64 bits per heavy atom. The lowest BCUT2D eigenvalue weighted by atomic mass is 9.76. The predicted molar refractivity (Wildman–Crippen MR) is 168 cm³/mol. The highest BCUT2D eigenvalue weighted by Crippen LogP contribution is 2.37. The third kappa shape index (κ3) is 5.79. The summed E-state index contributed by atoms with van der Waals surface area (Å²) in [5.74, 6) is -1.10. The second-order valence-corrected chi connectivity index (χ2v) is 11.1. The Bertz CT molecular complexity index is 2040. The van der Waals surface area contributed by atoms with Crippen LogP contribution in [0.3, 0.4) is 0 Å². The minimum Gasteiger partial charge on any atom is -0.424 e. The summed E-state index contributed by atoms with van der Waals surface area (Å²) in [7, 11) is 0. The number of hydrogen-bond acceptors (Lipinski definition) is 6. The molecule has 0 saturated carbocycles. The Morgan fingerprint density at radius 3 is 2.38 bits per heavy atom. The second-order valence-electron chi connectivity index (χ2n) is 11.1. The summed E-state index contributed by atoms with van der Waals surface area (Å²) in [5, 5.41) is 8.96. The molecule has 4 aromatic rings. The van der Waals surface area contributed by atoms with Gasteiger partial charge in [0, 0.05) is 18.0 Å². The molecule has 4 aliphatic rings. The van der Waals surface area contributed by atoms with Crippen molar-refractivity contribution in [3.05, 3.63) is 147 Å². The van der Waals surface area contributed by atoms with E-state index in [1.165, 1.54) is 58.7 Å². The molecule has 0 bridgehead atoms. The minimum absolute atomic E-state index is 0.0816. The van der Waals surface area contributed by atoms with E-state index in [9.17, 15) is 13.6 Å². The average Bonchev–Trinajstić information content (AvgIpc) is 3.66. The molecule has 0 radical (unpaired) electrons. The topological polar surface area (TPSA) is 76.8 Å². The maximum absolute atomic E-state index is 13.9. The maximum Gasteiger partial charge on any atom is 0.322 e. The summed E-state index contributed by atoms with van der Waals surface area (Å²) in [6, 6.07) is 17.7. The van der Waals surface area contributed by atoms with Gasteiger partial charge in [-0.3, -0.25) is 4.79 Å². The number of azo groups is 1. The van der Waals surface area contributed by atoms with E-state index in [2.05, 4.69) is 39.5 Å². The molecule has 1 aromatic heterocycles. The molecule has 0 fully saturated rings. The van der Waals surface area contributed by atoms with Crippen molar-refractivity contribution in [3.8, 4) is 11.8 Å². The van der Waals surface area contributed by atoms with Crippen molar-refractivity contribution in [2.24, 2.45) is 10.2 Å². The van der Waals surface area contributed by atoms with Crippen LogP contribution >= 0.6 is 0 Å². The summed E-state index contributed by atoms with van der Waals surface area (Å²) in [5.41, 5.74) is 7.05.